The average Bonchev–Trinajstić information content (AvgIpc) is 2.89. The predicted octanol–water partition coefficient (Wildman–Crippen LogP) is 6.08. The van der Waals surface area contributed by atoms with Crippen molar-refractivity contribution in [3.05, 3.63) is 70.8 Å². The highest BCUT2D eigenvalue weighted by Gasteiger charge is 2.13. The zero-order valence-corrected chi connectivity index (χ0v) is 20.4. The lowest BCUT2D eigenvalue weighted by molar-refractivity contribution is 0.324. The van der Waals surface area contributed by atoms with Crippen LogP contribution in [0.5, 0.6) is 34.5 Å². The summed E-state index contributed by atoms with van der Waals surface area (Å²) in [6, 6.07) is 15.8. The lowest BCUT2D eigenvalue weighted by atomic mass is 10.0. The van der Waals surface area contributed by atoms with E-state index >= 15 is 0 Å². The topological polar surface area (TPSA) is 55.4 Å². The SMILES string of the molecule is COc1cc(/C=C/c2ccccc2/C=C/c2cc(OC)c(OC)c(OC)c2)cc(OC)c1OC. The fourth-order valence-corrected chi connectivity index (χ4v) is 3.58. The molecule has 0 saturated heterocycles. The molecule has 6 nitrogen and oxygen atoms in total. The molecule has 0 unspecified atom stereocenters. The van der Waals surface area contributed by atoms with Gasteiger partial charge in [-0.25, -0.2) is 0 Å². The number of ether oxygens (including phenoxy) is 6. The summed E-state index contributed by atoms with van der Waals surface area (Å²) in [5.41, 5.74) is 3.97. The van der Waals surface area contributed by atoms with Crippen molar-refractivity contribution in [3.8, 4) is 34.5 Å². The van der Waals surface area contributed by atoms with Gasteiger partial charge in [0, 0.05) is 0 Å². The molecule has 0 saturated carbocycles. The van der Waals surface area contributed by atoms with Crippen LogP contribution in [0.15, 0.2) is 48.5 Å². The van der Waals surface area contributed by atoms with Crippen molar-refractivity contribution in [2.45, 2.75) is 0 Å². The Morgan fingerprint density at radius 2 is 0.765 bits per heavy atom. The maximum atomic E-state index is 5.46. The Hall–Kier alpha value is -4.06. The molecule has 0 aliphatic heterocycles. The van der Waals surface area contributed by atoms with Gasteiger partial charge in [-0.1, -0.05) is 48.6 Å². The first-order valence-electron chi connectivity index (χ1n) is 10.6. The molecule has 0 aliphatic rings. The quantitative estimate of drug-likeness (QED) is 0.341. The second kappa shape index (κ2) is 11.7. The molecule has 0 N–H and O–H groups in total. The van der Waals surface area contributed by atoms with Crippen molar-refractivity contribution >= 4 is 24.3 Å². The molecule has 0 aliphatic carbocycles. The number of benzene rings is 3. The van der Waals surface area contributed by atoms with E-state index in [0.717, 1.165) is 22.3 Å². The molecule has 6 heteroatoms. The first-order valence-corrected chi connectivity index (χ1v) is 10.6. The third-order valence-electron chi connectivity index (χ3n) is 5.28. The fourth-order valence-electron chi connectivity index (χ4n) is 3.58. The minimum atomic E-state index is 0.566. The molecule has 0 spiro atoms. The van der Waals surface area contributed by atoms with Gasteiger partial charge in [0.05, 0.1) is 42.7 Å². The van der Waals surface area contributed by atoms with Gasteiger partial charge < -0.3 is 28.4 Å². The molecule has 0 amide bonds. The summed E-state index contributed by atoms with van der Waals surface area (Å²) in [7, 11) is 9.60. The Kier molecular flexibility index (Phi) is 8.46. The zero-order chi connectivity index (χ0) is 24.5. The summed E-state index contributed by atoms with van der Waals surface area (Å²) >= 11 is 0. The first-order chi connectivity index (χ1) is 16.6. The smallest absolute Gasteiger partial charge is 0.203 e. The number of rotatable bonds is 10. The van der Waals surface area contributed by atoms with Crippen molar-refractivity contribution in [1.82, 2.24) is 0 Å². The van der Waals surface area contributed by atoms with Gasteiger partial charge in [0.25, 0.3) is 0 Å². The molecular formula is C28H30O6. The third-order valence-corrected chi connectivity index (χ3v) is 5.28. The van der Waals surface area contributed by atoms with Crippen LogP contribution in [0.3, 0.4) is 0 Å². The zero-order valence-electron chi connectivity index (χ0n) is 20.4. The minimum absolute atomic E-state index is 0.566. The van der Waals surface area contributed by atoms with Gasteiger partial charge in [0.2, 0.25) is 11.5 Å². The van der Waals surface area contributed by atoms with Gasteiger partial charge in [-0.2, -0.15) is 0 Å². The molecule has 0 radical (unpaired) electrons. The van der Waals surface area contributed by atoms with Crippen LogP contribution >= 0.6 is 0 Å². The minimum Gasteiger partial charge on any atom is -0.493 e. The Labute approximate surface area is 200 Å². The second-order valence-electron chi connectivity index (χ2n) is 7.21. The first kappa shape index (κ1) is 24.6. The maximum Gasteiger partial charge on any atom is 0.203 e. The standard InChI is InChI=1S/C28H30O6/c1-29-23-15-19(16-24(30-2)27(23)33-5)11-13-21-9-7-8-10-22(21)14-12-20-17-25(31-3)28(34-6)26(18-20)32-4/h7-18H,1-6H3/b13-11+,14-12+. The van der Waals surface area contributed by atoms with Crippen LogP contribution in [0.1, 0.15) is 22.3 Å². The Morgan fingerprint density at radius 1 is 0.441 bits per heavy atom. The van der Waals surface area contributed by atoms with E-state index in [4.69, 9.17) is 28.4 Å². The Balaban J connectivity index is 1.93. The lowest BCUT2D eigenvalue weighted by Crippen LogP contribution is -1.95. The van der Waals surface area contributed by atoms with Crippen molar-refractivity contribution in [3.63, 3.8) is 0 Å². The van der Waals surface area contributed by atoms with Crippen LogP contribution in [0, 0.1) is 0 Å². The van der Waals surface area contributed by atoms with Crippen molar-refractivity contribution in [2.24, 2.45) is 0 Å². The summed E-state index contributed by atoms with van der Waals surface area (Å²) in [5.74, 6) is 3.56. The van der Waals surface area contributed by atoms with Crippen LogP contribution in [-0.2, 0) is 0 Å². The van der Waals surface area contributed by atoms with Gasteiger partial charge in [-0.3, -0.25) is 0 Å². The molecule has 3 rings (SSSR count). The Bertz CT molecular complexity index is 1040. The van der Waals surface area contributed by atoms with Crippen molar-refractivity contribution in [2.75, 3.05) is 42.7 Å². The average molecular weight is 463 g/mol. The van der Waals surface area contributed by atoms with Crippen LogP contribution in [0.2, 0.25) is 0 Å². The number of hydrogen-bond donors (Lipinski definition) is 0. The van der Waals surface area contributed by atoms with E-state index in [1.54, 1.807) is 42.7 Å². The van der Waals surface area contributed by atoms with Crippen molar-refractivity contribution in [1.29, 1.82) is 0 Å². The van der Waals surface area contributed by atoms with Gasteiger partial charge in [-0.15, -0.1) is 0 Å². The molecule has 0 aromatic heterocycles. The summed E-state index contributed by atoms with van der Waals surface area (Å²) in [6.45, 7) is 0. The van der Waals surface area contributed by atoms with E-state index in [2.05, 4.69) is 24.3 Å². The molecular weight excluding hydrogens is 432 g/mol. The second-order valence-corrected chi connectivity index (χ2v) is 7.21. The molecule has 0 bridgehead atoms. The molecule has 0 atom stereocenters. The molecule has 3 aromatic carbocycles. The van der Waals surface area contributed by atoms with E-state index in [0.29, 0.717) is 34.5 Å². The highest BCUT2D eigenvalue weighted by Crippen LogP contribution is 2.39. The van der Waals surface area contributed by atoms with Crippen LogP contribution in [0.25, 0.3) is 24.3 Å². The molecule has 3 aromatic rings. The molecule has 34 heavy (non-hydrogen) atoms. The normalized spacial score (nSPS) is 11.0. The monoisotopic (exact) mass is 462 g/mol. The van der Waals surface area contributed by atoms with Gasteiger partial charge in [0.1, 0.15) is 0 Å². The fraction of sp³-hybridized carbons (Fsp3) is 0.214. The summed E-state index contributed by atoms with van der Waals surface area (Å²) in [5, 5.41) is 0. The van der Waals surface area contributed by atoms with Gasteiger partial charge in [0.15, 0.2) is 23.0 Å². The third kappa shape index (κ3) is 5.46. The largest absolute Gasteiger partial charge is 0.493 e. The summed E-state index contributed by atoms with van der Waals surface area (Å²) in [6.07, 6.45) is 8.12. The predicted molar refractivity (Wildman–Crippen MR) is 136 cm³/mol. The van der Waals surface area contributed by atoms with E-state index in [1.807, 2.05) is 48.6 Å². The van der Waals surface area contributed by atoms with Crippen LogP contribution in [-0.4, -0.2) is 42.7 Å². The summed E-state index contributed by atoms with van der Waals surface area (Å²) < 4.78 is 32.6. The lowest BCUT2D eigenvalue weighted by Gasteiger charge is -2.13. The number of methoxy groups -OCH3 is 6. The summed E-state index contributed by atoms with van der Waals surface area (Å²) in [4.78, 5) is 0. The van der Waals surface area contributed by atoms with Crippen LogP contribution < -0.4 is 28.4 Å². The van der Waals surface area contributed by atoms with Crippen molar-refractivity contribution < 1.29 is 28.4 Å². The van der Waals surface area contributed by atoms with Gasteiger partial charge in [-0.05, 0) is 46.5 Å². The van der Waals surface area contributed by atoms with E-state index in [9.17, 15) is 0 Å². The molecule has 0 fully saturated rings. The van der Waals surface area contributed by atoms with Gasteiger partial charge >= 0.3 is 0 Å². The van der Waals surface area contributed by atoms with E-state index in [1.165, 1.54) is 0 Å². The number of hydrogen-bond acceptors (Lipinski definition) is 6. The van der Waals surface area contributed by atoms with E-state index in [-0.39, 0.29) is 0 Å². The van der Waals surface area contributed by atoms with Crippen LogP contribution in [0.4, 0.5) is 0 Å². The Morgan fingerprint density at radius 3 is 1.03 bits per heavy atom. The molecule has 0 heterocycles. The highest BCUT2D eigenvalue weighted by atomic mass is 16.5. The van der Waals surface area contributed by atoms with E-state index < -0.39 is 0 Å². The highest BCUT2D eigenvalue weighted by molar-refractivity contribution is 5.81. The molecule has 178 valence electrons. The maximum absolute atomic E-state index is 5.46.